The van der Waals surface area contributed by atoms with Crippen LogP contribution in [0.15, 0.2) is 24.3 Å². The molecule has 0 fully saturated rings. The van der Waals surface area contributed by atoms with Crippen molar-refractivity contribution in [3.8, 4) is 11.8 Å². The van der Waals surface area contributed by atoms with Crippen LogP contribution >= 0.6 is 0 Å². The summed E-state index contributed by atoms with van der Waals surface area (Å²) in [5.74, 6) is -2.36. The van der Waals surface area contributed by atoms with Crippen LogP contribution in [0, 0.1) is 11.3 Å². The van der Waals surface area contributed by atoms with Crippen LogP contribution in [0.5, 0.6) is 5.75 Å². The first-order valence-electron chi connectivity index (χ1n) is 4.70. The molecule has 0 amide bonds. The lowest BCUT2D eigenvalue weighted by Gasteiger charge is -2.22. The predicted octanol–water partition coefficient (Wildman–Crippen LogP) is -0.557. The Morgan fingerprint density at radius 2 is 2.00 bits per heavy atom. The zero-order valence-corrected chi connectivity index (χ0v) is 8.78. The van der Waals surface area contributed by atoms with Crippen LogP contribution in [-0.2, 0) is 0 Å². The van der Waals surface area contributed by atoms with E-state index in [9.17, 15) is 15.0 Å². The Balaban J connectivity index is 2.61. The van der Waals surface area contributed by atoms with Crippen LogP contribution < -0.4 is 4.74 Å². The highest BCUT2D eigenvalue weighted by molar-refractivity contribution is 5.74. The van der Waals surface area contributed by atoms with Gasteiger partial charge in [-0.2, -0.15) is 5.26 Å². The highest BCUT2D eigenvalue weighted by Gasteiger charge is 2.34. The number of benzene rings is 1. The van der Waals surface area contributed by atoms with Crippen molar-refractivity contribution < 1.29 is 24.9 Å². The molecule has 6 nitrogen and oxygen atoms in total. The smallest absolute Gasteiger partial charge is 0.238 e. The Labute approximate surface area is 97.3 Å². The van der Waals surface area contributed by atoms with Gasteiger partial charge in [-0.25, -0.2) is 0 Å². The summed E-state index contributed by atoms with van der Waals surface area (Å²) < 4.78 is 4.97. The molecule has 0 heterocycles. The van der Waals surface area contributed by atoms with Crippen LogP contribution in [0.25, 0.3) is 0 Å². The van der Waals surface area contributed by atoms with E-state index in [0.29, 0.717) is 11.8 Å². The van der Waals surface area contributed by atoms with Gasteiger partial charge in [0.2, 0.25) is 5.79 Å². The third-order valence-corrected chi connectivity index (χ3v) is 2.03. The number of carbonyl (C=O) groups excluding carboxylic acids is 1. The number of carbonyl (C=O) groups is 1. The van der Waals surface area contributed by atoms with Crippen LogP contribution in [0.3, 0.4) is 0 Å². The van der Waals surface area contributed by atoms with Gasteiger partial charge in [-0.05, 0) is 24.3 Å². The maximum Gasteiger partial charge on any atom is 0.238 e. The maximum absolute atomic E-state index is 10.4. The molecular formula is C11H11NO5. The third-order valence-electron chi connectivity index (χ3n) is 2.03. The van der Waals surface area contributed by atoms with Gasteiger partial charge in [0, 0.05) is 5.56 Å². The van der Waals surface area contributed by atoms with Gasteiger partial charge in [-0.15, -0.1) is 0 Å². The van der Waals surface area contributed by atoms with E-state index >= 15 is 0 Å². The number of nitriles is 1. The van der Waals surface area contributed by atoms with Gasteiger partial charge >= 0.3 is 0 Å². The molecule has 0 bridgehead atoms. The highest BCUT2D eigenvalue weighted by Crippen LogP contribution is 2.14. The van der Waals surface area contributed by atoms with E-state index in [1.807, 2.05) is 0 Å². The molecule has 0 radical (unpaired) electrons. The Hall–Kier alpha value is -1.94. The molecule has 0 saturated heterocycles. The zero-order valence-electron chi connectivity index (χ0n) is 8.78. The Morgan fingerprint density at radius 1 is 1.41 bits per heavy atom. The minimum Gasteiger partial charge on any atom is -0.488 e. The Kier molecular flexibility index (Phi) is 4.17. The van der Waals surface area contributed by atoms with Crippen molar-refractivity contribution in [2.75, 3.05) is 6.61 Å². The fourth-order valence-electron chi connectivity index (χ4n) is 1.01. The zero-order chi connectivity index (χ0) is 12.9. The standard InChI is InChI=1S/C11H11NO5/c12-5-10(14)11(15,16)7-17-9-3-1-8(6-13)2-4-9/h1-4,6,10,14-16H,7H2. The van der Waals surface area contributed by atoms with Crippen LogP contribution in [-0.4, -0.2) is 40.1 Å². The first-order chi connectivity index (χ1) is 7.99. The molecule has 1 aromatic carbocycles. The molecule has 17 heavy (non-hydrogen) atoms. The number of hydrogen-bond acceptors (Lipinski definition) is 6. The number of rotatable bonds is 5. The van der Waals surface area contributed by atoms with Crippen molar-refractivity contribution in [1.29, 1.82) is 5.26 Å². The van der Waals surface area contributed by atoms with E-state index in [1.165, 1.54) is 30.3 Å². The molecule has 1 atom stereocenters. The number of aldehydes is 1. The minimum atomic E-state index is -2.64. The summed E-state index contributed by atoms with van der Waals surface area (Å²) >= 11 is 0. The molecule has 0 aliphatic carbocycles. The summed E-state index contributed by atoms with van der Waals surface area (Å²) in [6, 6.07) is 7.17. The largest absolute Gasteiger partial charge is 0.488 e. The van der Waals surface area contributed by atoms with E-state index < -0.39 is 18.5 Å². The first-order valence-corrected chi connectivity index (χ1v) is 4.70. The Morgan fingerprint density at radius 3 is 2.47 bits per heavy atom. The van der Waals surface area contributed by atoms with Crippen LogP contribution in [0.2, 0.25) is 0 Å². The fourth-order valence-corrected chi connectivity index (χ4v) is 1.01. The molecule has 1 unspecified atom stereocenters. The lowest BCUT2D eigenvalue weighted by Crippen LogP contribution is -2.46. The normalized spacial score (nSPS) is 12.6. The van der Waals surface area contributed by atoms with E-state index in [0.717, 1.165) is 0 Å². The highest BCUT2D eigenvalue weighted by atomic mass is 16.6. The molecule has 0 aliphatic rings. The molecule has 1 aromatic rings. The topological polar surface area (TPSA) is 111 Å². The van der Waals surface area contributed by atoms with E-state index in [2.05, 4.69) is 0 Å². The van der Waals surface area contributed by atoms with Crippen molar-refractivity contribution in [1.82, 2.24) is 0 Å². The molecular weight excluding hydrogens is 226 g/mol. The van der Waals surface area contributed by atoms with E-state index in [1.54, 1.807) is 0 Å². The molecule has 6 heteroatoms. The van der Waals surface area contributed by atoms with Crippen molar-refractivity contribution in [3.63, 3.8) is 0 Å². The van der Waals surface area contributed by atoms with Gasteiger partial charge in [0.25, 0.3) is 0 Å². The van der Waals surface area contributed by atoms with Gasteiger partial charge in [-0.3, -0.25) is 4.79 Å². The second kappa shape index (κ2) is 5.41. The van der Waals surface area contributed by atoms with Gasteiger partial charge in [-0.1, -0.05) is 0 Å². The summed E-state index contributed by atoms with van der Waals surface area (Å²) in [6.07, 6.45) is -1.30. The third kappa shape index (κ3) is 3.53. The number of ether oxygens (including phenoxy) is 1. The number of hydrogen-bond donors (Lipinski definition) is 3. The van der Waals surface area contributed by atoms with Crippen LogP contribution in [0.4, 0.5) is 0 Å². The average Bonchev–Trinajstić information content (AvgIpc) is 2.36. The lowest BCUT2D eigenvalue weighted by molar-refractivity contribution is -0.224. The molecule has 90 valence electrons. The number of aliphatic hydroxyl groups is 3. The van der Waals surface area contributed by atoms with Crippen molar-refractivity contribution in [2.45, 2.75) is 11.9 Å². The molecule has 0 saturated carbocycles. The van der Waals surface area contributed by atoms with Gasteiger partial charge in [0.1, 0.15) is 18.6 Å². The minimum absolute atomic E-state index is 0.285. The number of aliphatic hydroxyl groups excluding tert-OH is 1. The van der Waals surface area contributed by atoms with Gasteiger partial charge in [0.05, 0.1) is 6.07 Å². The molecule has 3 N–H and O–H groups in total. The molecule has 0 aromatic heterocycles. The summed E-state index contributed by atoms with van der Waals surface area (Å²) in [4.78, 5) is 10.4. The van der Waals surface area contributed by atoms with Crippen molar-refractivity contribution in [2.24, 2.45) is 0 Å². The van der Waals surface area contributed by atoms with Gasteiger partial charge < -0.3 is 20.1 Å². The van der Waals surface area contributed by atoms with Crippen LogP contribution in [0.1, 0.15) is 10.4 Å². The summed E-state index contributed by atoms with van der Waals surface area (Å²) in [5.41, 5.74) is 0.452. The summed E-state index contributed by atoms with van der Waals surface area (Å²) in [6.45, 7) is -0.665. The predicted molar refractivity (Wildman–Crippen MR) is 56.1 cm³/mol. The first kappa shape index (κ1) is 13.1. The Bertz CT molecular complexity index is 420. The SMILES string of the molecule is N#CC(O)C(O)(O)COc1ccc(C=O)cc1. The molecule has 0 spiro atoms. The molecule has 1 rings (SSSR count). The maximum atomic E-state index is 10.4. The quantitative estimate of drug-likeness (QED) is 0.360. The molecule has 0 aliphatic heterocycles. The summed E-state index contributed by atoms with van der Waals surface area (Å²) in [5, 5.41) is 35.8. The fraction of sp³-hybridized carbons (Fsp3) is 0.273. The van der Waals surface area contributed by atoms with E-state index in [4.69, 9.17) is 15.1 Å². The van der Waals surface area contributed by atoms with E-state index in [-0.39, 0.29) is 5.75 Å². The second-order valence-corrected chi connectivity index (χ2v) is 3.39. The van der Waals surface area contributed by atoms with Crippen molar-refractivity contribution in [3.05, 3.63) is 29.8 Å². The number of nitrogens with zero attached hydrogens (tertiary/aromatic N) is 1. The second-order valence-electron chi connectivity index (χ2n) is 3.39. The lowest BCUT2D eigenvalue weighted by atomic mass is 10.2. The monoisotopic (exact) mass is 237 g/mol. The average molecular weight is 237 g/mol. The van der Waals surface area contributed by atoms with Gasteiger partial charge in [0.15, 0.2) is 6.10 Å². The van der Waals surface area contributed by atoms with Crippen molar-refractivity contribution >= 4 is 6.29 Å². The summed E-state index contributed by atoms with van der Waals surface area (Å²) in [7, 11) is 0.